The molecule has 0 radical (unpaired) electrons. The Morgan fingerprint density at radius 3 is 2.13 bits per heavy atom. The van der Waals surface area contributed by atoms with E-state index in [0.717, 1.165) is 34.0 Å². The van der Waals surface area contributed by atoms with Crippen LogP contribution in [0.1, 0.15) is 40.2 Å². The van der Waals surface area contributed by atoms with Crippen molar-refractivity contribution in [3.63, 3.8) is 0 Å². The predicted octanol–water partition coefficient (Wildman–Crippen LogP) is 6.11. The number of fused-ring (bicyclic) bond motifs is 3. The zero-order chi connectivity index (χ0) is 21.1. The molecule has 0 atom stereocenters. The van der Waals surface area contributed by atoms with Crippen molar-refractivity contribution in [3.8, 4) is 11.1 Å². The van der Waals surface area contributed by atoms with Gasteiger partial charge in [0, 0.05) is 10.8 Å². The fourth-order valence-electron chi connectivity index (χ4n) is 4.20. The highest BCUT2D eigenvalue weighted by Gasteiger charge is 2.51. The highest BCUT2D eigenvalue weighted by atomic mass is 16.7. The van der Waals surface area contributed by atoms with Gasteiger partial charge in [0.15, 0.2) is 0 Å². The fraction of sp³-hybridized carbons (Fsp3) is 0.308. The Morgan fingerprint density at radius 1 is 0.800 bits per heavy atom. The second-order valence-electron chi connectivity index (χ2n) is 9.14. The van der Waals surface area contributed by atoms with E-state index in [1.54, 1.807) is 0 Å². The van der Waals surface area contributed by atoms with Crippen molar-refractivity contribution in [1.82, 2.24) is 0 Å². The van der Waals surface area contributed by atoms with E-state index in [2.05, 4.69) is 83.1 Å². The molecule has 1 saturated heterocycles. The summed E-state index contributed by atoms with van der Waals surface area (Å²) in [6.45, 7) is 10.5. The van der Waals surface area contributed by atoms with Crippen LogP contribution in [0.4, 0.5) is 0 Å². The molecular weight excluding hydrogens is 371 g/mol. The molecule has 0 aliphatic carbocycles. The van der Waals surface area contributed by atoms with Gasteiger partial charge in [0.2, 0.25) is 0 Å². The number of hydrogen-bond acceptors (Lipinski definition) is 3. The number of hydrogen-bond donors (Lipinski definition) is 0. The molecule has 0 N–H and O–H groups in total. The fourth-order valence-corrected chi connectivity index (χ4v) is 4.20. The summed E-state index contributed by atoms with van der Waals surface area (Å²) in [7, 11) is -0.346. The monoisotopic (exact) mass is 398 g/mol. The Labute approximate surface area is 178 Å². The third kappa shape index (κ3) is 2.90. The van der Waals surface area contributed by atoms with Gasteiger partial charge in [-0.15, -0.1) is 0 Å². The van der Waals surface area contributed by atoms with Crippen LogP contribution in [0.5, 0.6) is 0 Å². The molecule has 4 aromatic rings. The van der Waals surface area contributed by atoms with E-state index in [4.69, 9.17) is 13.7 Å². The van der Waals surface area contributed by atoms with Gasteiger partial charge >= 0.3 is 7.12 Å². The molecule has 4 heteroatoms. The van der Waals surface area contributed by atoms with Crippen molar-refractivity contribution in [2.24, 2.45) is 0 Å². The van der Waals surface area contributed by atoms with Crippen LogP contribution in [0, 0.1) is 0 Å². The first-order valence-corrected chi connectivity index (χ1v) is 10.7. The minimum Gasteiger partial charge on any atom is -0.456 e. The zero-order valence-electron chi connectivity index (χ0n) is 18.3. The van der Waals surface area contributed by atoms with E-state index in [9.17, 15) is 0 Å². The van der Waals surface area contributed by atoms with Crippen molar-refractivity contribution in [2.45, 2.75) is 52.2 Å². The number of para-hydroxylation sites is 1. The molecule has 3 aromatic carbocycles. The molecule has 0 saturated carbocycles. The van der Waals surface area contributed by atoms with Gasteiger partial charge in [0.1, 0.15) is 11.2 Å². The first-order chi connectivity index (χ1) is 14.3. The molecule has 3 nitrogen and oxygen atoms in total. The molecule has 0 spiro atoms. The molecule has 1 aliphatic rings. The molecule has 1 aromatic heterocycles. The molecule has 1 fully saturated rings. The molecule has 0 unspecified atom stereocenters. The van der Waals surface area contributed by atoms with E-state index in [0.29, 0.717) is 0 Å². The van der Waals surface area contributed by atoms with E-state index in [1.165, 1.54) is 16.5 Å². The molecule has 30 heavy (non-hydrogen) atoms. The molecule has 152 valence electrons. The topological polar surface area (TPSA) is 31.6 Å². The van der Waals surface area contributed by atoms with Gasteiger partial charge in [-0.1, -0.05) is 61.5 Å². The van der Waals surface area contributed by atoms with Crippen LogP contribution in [0.15, 0.2) is 65.1 Å². The summed E-state index contributed by atoms with van der Waals surface area (Å²) >= 11 is 0. The minimum atomic E-state index is -0.346. The Bertz CT molecular complexity index is 1220. The average molecular weight is 398 g/mol. The van der Waals surface area contributed by atoms with Crippen molar-refractivity contribution < 1.29 is 13.7 Å². The molecule has 2 heterocycles. The number of rotatable bonds is 3. The maximum atomic E-state index is 6.25. The van der Waals surface area contributed by atoms with Gasteiger partial charge in [-0.25, -0.2) is 0 Å². The van der Waals surface area contributed by atoms with Gasteiger partial charge in [-0.2, -0.15) is 0 Å². The zero-order valence-corrected chi connectivity index (χ0v) is 18.3. The van der Waals surface area contributed by atoms with E-state index >= 15 is 0 Å². The van der Waals surface area contributed by atoms with Crippen LogP contribution < -0.4 is 5.46 Å². The maximum Gasteiger partial charge on any atom is 0.494 e. The Hall–Kier alpha value is -2.56. The second kappa shape index (κ2) is 6.73. The number of furan rings is 1. The van der Waals surface area contributed by atoms with Crippen LogP contribution in [0.2, 0.25) is 0 Å². The van der Waals surface area contributed by atoms with Gasteiger partial charge in [0.25, 0.3) is 0 Å². The van der Waals surface area contributed by atoms with E-state index in [-0.39, 0.29) is 18.3 Å². The van der Waals surface area contributed by atoms with Gasteiger partial charge < -0.3 is 13.7 Å². The number of aryl methyl sites for hydroxylation is 1. The van der Waals surface area contributed by atoms with Crippen molar-refractivity contribution in [2.75, 3.05) is 0 Å². The van der Waals surface area contributed by atoms with Gasteiger partial charge in [-0.05, 0) is 62.3 Å². The quantitative estimate of drug-likeness (QED) is 0.390. The van der Waals surface area contributed by atoms with Crippen LogP contribution in [0.3, 0.4) is 0 Å². The summed E-state index contributed by atoms with van der Waals surface area (Å²) < 4.78 is 18.7. The van der Waals surface area contributed by atoms with Gasteiger partial charge in [-0.3, -0.25) is 0 Å². The first-order valence-electron chi connectivity index (χ1n) is 10.7. The maximum absolute atomic E-state index is 6.25. The lowest BCUT2D eigenvalue weighted by Gasteiger charge is -2.32. The van der Waals surface area contributed by atoms with E-state index in [1.807, 2.05) is 12.1 Å². The summed E-state index contributed by atoms with van der Waals surface area (Å²) in [6.07, 6.45) is 0.942. The SMILES string of the molecule is CCc1ccc(-c2ccc(B3OC(C)(C)C(C)(C)O3)cc2)c2c1oc1ccccc12. The Morgan fingerprint density at radius 2 is 1.47 bits per heavy atom. The summed E-state index contributed by atoms with van der Waals surface area (Å²) in [5.74, 6) is 0. The molecule has 1 aliphatic heterocycles. The van der Waals surface area contributed by atoms with Gasteiger partial charge in [0.05, 0.1) is 11.2 Å². The molecule has 0 amide bonds. The highest BCUT2D eigenvalue weighted by Crippen LogP contribution is 2.39. The molecule has 5 rings (SSSR count). The largest absolute Gasteiger partial charge is 0.494 e. The van der Waals surface area contributed by atoms with Crippen LogP contribution in [0.25, 0.3) is 33.1 Å². The Balaban J connectivity index is 1.59. The van der Waals surface area contributed by atoms with Crippen LogP contribution in [-0.4, -0.2) is 18.3 Å². The van der Waals surface area contributed by atoms with Crippen LogP contribution in [-0.2, 0) is 15.7 Å². The Kier molecular flexibility index (Phi) is 4.35. The first kappa shape index (κ1) is 19.4. The molecular formula is C26H27BO3. The smallest absolute Gasteiger partial charge is 0.456 e. The summed E-state index contributed by atoms with van der Waals surface area (Å²) in [5.41, 5.74) is 5.87. The minimum absolute atomic E-state index is 0.339. The lowest BCUT2D eigenvalue weighted by molar-refractivity contribution is 0.00578. The lowest BCUT2D eigenvalue weighted by atomic mass is 9.78. The third-order valence-electron chi connectivity index (χ3n) is 6.74. The summed E-state index contributed by atoms with van der Waals surface area (Å²) in [4.78, 5) is 0. The van der Waals surface area contributed by atoms with Crippen molar-refractivity contribution in [3.05, 3.63) is 66.2 Å². The van der Waals surface area contributed by atoms with E-state index < -0.39 is 0 Å². The molecule has 0 bridgehead atoms. The normalized spacial score (nSPS) is 17.8. The summed E-state index contributed by atoms with van der Waals surface area (Å²) in [5, 5.41) is 2.35. The van der Waals surface area contributed by atoms with Crippen LogP contribution >= 0.6 is 0 Å². The standard InChI is InChI=1S/C26H27BO3/c1-6-17-13-16-20(23-21-9-7-8-10-22(21)28-24(17)23)18-11-14-19(15-12-18)27-29-25(2,3)26(4,5)30-27/h7-16H,6H2,1-5H3. The third-order valence-corrected chi connectivity index (χ3v) is 6.74. The van der Waals surface area contributed by atoms with Crippen molar-refractivity contribution in [1.29, 1.82) is 0 Å². The highest BCUT2D eigenvalue weighted by molar-refractivity contribution is 6.62. The number of benzene rings is 3. The van der Waals surface area contributed by atoms with Crippen molar-refractivity contribution >= 4 is 34.5 Å². The lowest BCUT2D eigenvalue weighted by Crippen LogP contribution is -2.41. The summed E-state index contributed by atoms with van der Waals surface area (Å²) in [6, 6.07) is 21.2. The second-order valence-corrected chi connectivity index (χ2v) is 9.14. The average Bonchev–Trinajstić information content (AvgIpc) is 3.21. The predicted molar refractivity (Wildman–Crippen MR) is 124 cm³/mol.